The lowest BCUT2D eigenvalue weighted by molar-refractivity contribution is 0.471. The molecule has 0 atom stereocenters. The SMILES string of the molecule is Cc1cc(NCc2ccc(Cl)c(Cl)c2)ccc1O. The lowest BCUT2D eigenvalue weighted by Crippen LogP contribution is -1.99. The predicted octanol–water partition coefficient (Wildman–Crippen LogP) is 4.62. The average Bonchev–Trinajstić information content (AvgIpc) is 2.35. The number of aryl methyl sites for hydroxylation is 1. The molecule has 2 N–H and O–H groups in total. The van der Waals surface area contributed by atoms with Crippen LogP contribution < -0.4 is 5.32 Å². The summed E-state index contributed by atoms with van der Waals surface area (Å²) >= 11 is 11.8. The highest BCUT2D eigenvalue weighted by molar-refractivity contribution is 6.42. The van der Waals surface area contributed by atoms with Crippen molar-refractivity contribution in [3.63, 3.8) is 0 Å². The molecule has 0 saturated heterocycles. The highest BCUT2D eigenvalue weighted by Gasteiger charge is 2.01. The number of rotatable bonds is 3. The van der Waals surface area contributed by atoms with Crippen LogP contribution in [0.1, 0.15) is 11.1 Å². The second-order valence-electron chi connectivity index (χ2n) is 4.10. The molecule has 0 fully saturated rings. The number of halogens is 2. The van der Waals surface area contributed by atoms with Gasteiger partial charge in [-0.15, -0.1) is 0 Å². The number of phenolic OH excluding ortho intramolecular Hbond substituents is 1. The molecule has 2 nitrogen and oxygen atoms in total. The molecule has 0 saturated carbocycles. The van der Waals surface area contributed by atoms with Crippen molar-refractivity contribution < 1.29 is 5.11 Å². The summed E-state index contributed by atoms with van der Waals surface area (Å²) in [6.45, 7) is 2.51. The van der Waals surface area contributed by atoms with E-state index < -0.39 is 0 Å². The Morgan fingerprint density at radius 2 is 1.83 bits per heavy atom. The fourth-order valence-corrected chi connectivity index (χ4v) is 1.94. The normalized spacial score (nSPS) is 10.4. The van der Waals surface area contributed by atoms with E-state index in [9.17, 15) is 5.11 Å². The van der Waals surface area contributed by atoms with E-state index in [1.807, 2.05) is 31.2 Å². The maximum atomic E-state index is 9.44. The van der Waals surface area contributed by atoms with Crippen molar-refractivity contribution in [2.24, 2.45) is 0 Å². The molecule has 2 aromatic carbocycles. The second-order valence-corrected chi connectivity index (χ2v) is 4.92. The molecular weight excluding hydrogens is 269 g/mol. The second kappa shape index (κ2) is 5.51. The van der Waals surface area contributed by atoms with E-state index in [4.69, 9.17) is 23.2 Å². The maximum absolute atomic E-state index is 9.44. The summed E-state index contributed by atoms with van der Waals surface area (Å²) in [6.07, 6.45) is 0. The molecule has 0 heterocycles. The molecule has 0 spiro atoms. The van der Waals surface area contributed by atoms with Crippen molar-refractivity contribution in [3.05, 3.63) is 57.6 Å². The van der Waals surface area contributed by atoms with Gasteiger partial charge in [0.2, 0.25) is 0 Å². The molecule has 18 heavy (non-hydrogen) atoms. The maximum Gasteiger partial charge on any atom is 0.118 e. The van der Waals surface area contributed by atoms with Crippen LogP contribution in [-0.2, 0) is 6.54 Å². The van der Waals surface area contributed by atoms with E-state index >= 15 is 0 Å². The van der Waals surface area contributed by atoms with E-state index in [1.54, 1.807) is 12.1 Å². The number of phenols is 1. The third-order valence-corrected chi connectivity index (χ3v) is 3.42. The summed E-state index contributed by atoms with van der Waals surface area (Å²) in [7, 11) is 0. The minimum absolute atomic E-state index is 0.301. The lowest BCUT2D eigenvalue weighted by Gasteiger charge is -2.09. The predicted molar refractivity (Wildman–Crippen MR) is 76.6 cm³/mol. The number of aromatic hydroxyl groups is 1. The third kappa shape index (κ3) is 3.09. The molecule has 0 aliphatic rings. The molecule has 4 heteroatoms. The Labute approximate surface area is 116 Å². The van der Waals surface area contributed by atoms with Gasteiger partial charge in [-0.2, -0.15) is 0 Å². The topological polar surface area (TPSA) is 32.3 Å². The Balaban J connectivity index is 2.06. The van der Waals surface area contributed by atoms with Gasteiger partial charge < -0.3 is 10.4 Å². The van der Waals surface area contributed by atoms with Gasteiger partial charge in [-0.1, -0.05) is 29.3 Å². The summed E-state index contributed by atoms with van der Waals surface area (Å²) in [5, 5.41) is 13.8. The highest BCUT2D eigenvalue weighted by atomic mass is 35.5. The Bertz CT molecular complexity index is 518. The monoisotopic (exact) mass is 281 g/mol. The minimum atomic E-state index is 0.301. The molecule has 2 aromatic rings. The van der Waals surface area contributed by atoms with Crippen LogP contribution in [0.25, 0.3) is 0 Å². The van der Waals surface area contributed by atoms with E-state index in [2.05, 4.69) is 5.32 Å². The molecular formula is C14H13Cl2NO. The van der Waals surface area contributed by atoms with Gasteiger partial charge in [0.15, 0.2) is 0 Å². The fraction of sp³-hybridized carbons (Fsp3) is 0.143. The van der Waals surface area contributed by atoms with Gasteiger partial charge in [0.1, 0.15) is 5.75 Å². The number of nitrogens with one attached hydrogen (secondary N) is 1. The van der Waals surface area contributed by atoms with Gasteiger partial charge in [0.25, 0.3) is 0 Å². The molecule has 0 unspecified atom stereocenters. The fourth-order valence-electron chi connectivity index (χ4n) is 1.62. The van der Waals surface area contributed by atoms with Gasteiger partial charge in [0.05, 0.1) is 10.0 Å². The summed E-state index contributed by atoms with van der Waals surface area (Å²) in [6, 6.07) is 10.9. The molecule has 0 aromatic heterocycles. The van der Waals surface area contributed by atoms with E-state index in [1.165, 1.54) is 0 Å². The van der Waals surface area contributed by atoms with Crippen LogP contribution in [0.2, 0.25) is 10.0 Å². The Morgan fingerprint density at radius 3 is 2.50 bits per heavy atom. The van der Waals surface area contributed by atoms with Crippen LogP contribution >= 0.6 is 23.2 Å². The van der Waals surface area contributed by atoms with Crippen molar-refractivity contribution in [1.82, 2.24) is 0 Å². The first-order valence-electron chi connectivity index (χ1n) is 5.53. The summed E-state index contributed by atoms with van der Waals surface area (Å²) < 4.78 is 0. The van der Waals surface area contributed by atoms with Crippen molar-refractivity contribution in [1.29, 1.82) is 0 Å². The quantitative estimate of drug-likeness (QED) is 0.805. The van der Waals surface area contributed by atoms with Crippen LogP contribution in [0.5, 0.6) is 5.75 Å². The van der Waals surface area contributed by atoms with Gasteiger partial charge in [-0.25, -0.2) is 0 Å². The van der Waals surface area contributed by atoms with Crippen LogP contribution in [-0.4, -0.2) is 5.11 Å². The van der Waals surface area contributed by atoms with E-state index in [0.29, 0.717) is 22.3 Å². The molecule has 94 valence electrons. The van der Waals surface area contributed by atoms with Crippen molar-refractivity contribution >= 4 is 28.9 Å². The van der Waals surface area contributed by atoms with Crippen LogP contribution in [0.4, 0.5) is 5.69 Å². The molecule has 2 rings (SSSR count). The molecule has 0 bridgehead atoms. The molecule has 0 aliphatic heterocycles. The summed E-state index contributed by atoms with van der Waals surface area (Å²) in [5.41, 5.74) is 2.85. The van der Waals surface area contributed by atoms with Gasteiger partial charge in [0, 0.05) is 12.2 Å². The smallest absolute Gasteiger partial charge is 0.118 e. The number of hydrogen-bond acceptors (Lipinski definition) is 2. The Hall–Kier alpha value is -1.38. The van der Waals surface area contributed by atoms with Gasteiger partial charge >= 0.3 is 0 Å². The van der Waals surface area contributed by atoms with E-state index in [0.717, 1.165) is 16.8 Å². The average molecular weight is 282 g/mol. The molecule has 0 aliphatic carbocycles. The Morgan fingerprint density at radius 1 is 1.06 bits per heavy atom. The van der Waals surface area contributed by atoms with E-state index in [-0.39, 0.29) is 0 Å². The summed E-state index contributed by atoms with van der Waals surface area (Å²) in [5.74, 6) is 0.301. The van der Waals surface area contributed by atoms with Gasteiger partial charge in [-0.3, -0.25) is 0 Å². The zero-order valence-corrected chi connectivity index (χ0v) is 11.4. The zero-order chi connectivity index (χ0) is 13.1. The number of hydrogen-bond donors (Lipinski definition) is 2. The minimum Gasteiger partial charge on any atom is -0.508 e. The van der Waals surface area contributed by atoms with Crippen LogP contribution in [0.15, 0.2) is 36.4 Å². The van der Waals surface area contributed by atoms with Crippen molar-refractivity contribution in [3.8, 4) is 5.75 Å². The lowest BCUT2D eigenvalue weighted by atomic mass is 10.2. The van der Waals surface area contributed by atoms with Crippen molar-refractivity contribution in [2.45, 2.75) is 13.5 Å². The number of anilines is 1. The first-order chi connectivity index (χ1) is 8.56. The third-order valence-electron chi connectivity index (χ3n) is 2.68. The first kappa shape index (κ1) is 13.1. The van der Waals surface area contributed by atoms with Crippen LogP contribution in [0.3, 0.4) is 0 Å². The zero-order valence-electron chi connectivity index (χ0n) is 9.87. The van der Waals surface area contributed by atoms with Gasteiger partial charge in [-0.05, 0) is 48.4 Å². The standard InChI is InChI=1S/C14H13Cl2NO/c1-9-6-11(3-5-14(9)18)17-8-10-2-4-12(15)13(16)7-10/h2-7,17-18H,8H2,1H3. The Kier molecular flexibility index (Phi) is 4.00. The number of benzene rings is 2. The molecule has 0 radical (unpaired) electrons. The van der Waals surface area contributed by atoms with Crippen LogP contribution in [0, 0.1) is 6.92 Å². The van der Waals surface area contributed by atoms with Crippen molar-refractivity contribution in [2.75, 3.05) is 5.32 Å². The summed E-state index contributed by atoms with van der Waals surface area (Å²) in [4.78, 5) is 0. The largest absolute Gasteiger partial charge is 0.508 e. The molecule has 0 amide bonds. The first-order valence-corrected chi connectivity index (χ1v) is 6.29. The highest BCUT2D eigenvalue weighted by Crippen LogP contribution is 2.24.